The van der Waals surface area contributed by atoms with Gasteiger partial charge in [0.1, 0.15) is 5.82 Å². The molecule has 0 radical (unpaired) electrons. The van der Waals surface area contributed by atoms with E-state index in [0.717, 1.165) is 22.9 Å². The number of hydrogen-bond donors (Lipinski definition) is 1. The largest absolute Gasteiger partial charge is 0.342 e. The molecule has 1 fully saturated rings. The van der Waals surface area contributed by atoms with Gasteiger partial charge in [0, 0.05) is 44.2 Å². The van der Waals surface area contributed by atoms with E-state index >= 15 is 0 Å². The minimum absolute atomic E-state index is 0.0100. The first-order chi connectivity index (χ1) is 12.1. The molecule has 0 spiro atoms. The molecule has 9 nitrogen and oxygen atoms in total. The molecule has 1 aliphatic rings. The monoisotopic (exact) mass is 340 g/mol. The summed E-state index contributed by atoms with van der Waals surface area (Å²) >= 11 is 0. The average Bonchev–Trinajstić information content (AvgIpc) is 3.33. The maximum absolute atomic E-state index is 12.2. The van der Waals surface area contributed by atoms with Crippen molar-refractivity contribution in [2.75, 3.05) is 13.1 Å². The maximum atomic E-state index is 12.2. The number of amides is 1. The van der Waals surface area contributed by atoms with Gasteiger partial charge in [-0.25, -0.2) is 4.98 Å². The Kier molecular flexibility index (Phi) is 3.63. The second-order valence-corrected chi connectivity index (χ2v) is 6.26. The molecule has 4 rings (SSSR count). The summed E-state index contributed by atoms with van der Waals surface area (Å²) in [4.78, 5) is 18.8. The fourth-order valence-corrected chi connectivity index (χ4v) is 3.27. The fourth-order valence-electron chi connectivity index (χ4n) is 3.27. The van der Waals surface area contributed by atoms with Gasteiger partial charge in [0.15, 0.2) is 11.6 Å². The molecular formula is C16H20N8O. The molecular weight excluding hydrogens is 320 g/mol. The predicted octanol–water partition coefficient (Wildman–Crippen LogP) is 1.04. The maximum Gasteiger partial charge on any atom is 0.223 e. The van der Waals surface area contributed by atoms with Gasteiger partial charge in [-0.05, 0) is 13.8 Å². The standard InChI is InChI=1S/C16H20N8O/c1-4-23-9-11(7-14(23)25)16-19-15(12-8-17-20-10(12)2)21-24(16)13-5-6-18-22(13)3/h5-6,8,11H,4,7,9H2,1-3H3,(H,17,20). The van der Waals surface area contributed by atoms with Crippen LogP contribution in [0.4, 0.5) is 0 Å². The third-order valence-electron chi connectivity index (χ3n) is 4.68. The molecule has 0 saturated carbocycles. The van der Waals surface area contributed by atoms with Crippen LogP contribution in [0.15, 0.2) is 18.5 Å². The van der Waals surface area contributed by atoms with Gasteiger partial charge in [-0.2, -0.15) is 14.9 Å². The van der Waals surface area contributed by atoms with E-state index in [1.165, 1.54) is 0 Å². The topological polar surface area (TPSA) is 97.5 Å². The highest BCUT2D eigenvalue weighted by atomic mass is 16.2. The van der Waals surface area contributed by atoms with Crippen LogP contribution in [-0.4, -0.2) is 58.6 Å². The highest BCUT2D eigenvalue weighted by Crippen LogP contribution is 2.30. The summed E-state index contributed by atoms with van der Waals surface area (Å²) in [6.07, 6.45) is 3.90. The van der Waals surface area contributed by atoms with E-state index in [9.17, 15) is 4.79 Å². The third-order valence-corrected chi connectivity index (χ3v) is 4.68. The molecule has 0 aliphatic carbocycles. The molecule has 4 heterocycles. The smallest absolute Gasteiger partial charge is 0.223 e. The Bertz CT molecular complexity index is 920. The van der Waals surface area contributed by atoms with Gasteiger partial charge in [-0.3, -0.25) is 14.6 Å². The number of rotatable bonds is 4. The van der Waals surface area contributed by atoms with Gasteiger partial charge in [-0.15, -0.1) is 5.10 Å². The molecule has 1 N–H and O–H groups in total. The fraction of sp³-hybridized carbons (Fsp3) is 0.438. The van der Waals surface area contributed by atoms with Crippen molar-refractivity contribution in [3.63, 3.8) is 0 Å². The summed E-state index contributed by atoms with van der Waals surface area (Å²) in [5.41, 5.74) is 1.77. The van der Waals surface area contributed by atoms with Crippen molar-refractivity contribution in [1.82, 2.24) is 39.6 Å². The Morgan fingerprint density at radius 3 is 2.84 bits per heavy atom. The van der Waals surface area contributed by atoms with Gasteiger partial charge < -0.3 is 4.90 Å². The van der Waals surface area contributed by atoms with Crippen molar-refractivity contribution in [3.05, 3.63) is 30.0 Å². The minimum atomic E-state index is 0.0100. The van der Waals surface area contributed by atoms with E-state index < -0.39 is 0 Å². The predicted molar refractivity (Wildman–Crippen MR) is 90.1 cm³/mol. The van der Waals surface area contributed by atoms with Gasteiger partial charge in [-0.1, -0.05) is 0 Å². The van der Waals surface area contributed by atoms with Gasteiger partial charge >= 0.3 is 0 Å². The first-order valence-electron chi connectivity index (χ1n) is 8.32. The lowest BCUT2D eigenvalue weighted by molar-refractivity contribution is -0.127. The number of H-pyrrole nitrogens is 1. The lowest BCUT2D eigenvalue weighted by Gasteiger charge is -2.13. The molecule has 3 aromatic heterocycles. The Labute approximate surface area is 144 Å². The van der Waals surface area contributed by atoms with E-state index in [4.69, 9.17) is 10.1 Å². The Balaban J connectivity index is 1.82. The van der Waals surface area contributed by atoms with Crippen molar-refractivity contribution in [3.8, 4) is 17.2 Å². The summed E-state index contributed by atoms with van der Waals surface area (Å²) in [6.45, 7) is 5.30. The number of likely N-dealkylation sites (N-methyl/N-ethyl adjacent to an activating group) is 1. The quantitative estimate of drug-likeness (QED) is 0.765. The van der Waals surface area contributed by atoms with Crippen LogP contribution in [0.1, 0.15) is 30.8 Å². The van der Waals surface area contributed by atoms with Crippen LogP contribution in [-0.2, 0) is 11.8 Å². The molecule has 0 aromatic carbocycles. The number of aryl methyl sites for hydroxylation is 2. The van der Waals surface area contributed by atoms with E-state index in [1.807, 2.05) is 31.9 Å². The minimum Gasteiger partial charge on any atom is -0.342 e. The molecule has 1 atom stereocenters. The van der Waals surface area contributed by atoms with Gasteiger partial charge in [0.05, 0.1) is 18.0 Å². The van der Waals surface area contributed by atoms with E-state index in [-0.39, 0.29) is 11.8 Å². The second kappa shape index (κ2) is 5.83. The Morgan fingerprint density at radius 2 is 2.24 bits per heavy atom. The number of hydrogen-bond acceptors (Lipinski definition) is 5. The van der Waals surface area contributed by atoms with Crippen molar-refractivity contribution in [2.24, 2.45) is 7.05 Å². The average molecular weight is 340 g/mol. The van der Waals surface area contributed by atoms with Crippen molar-refractivity contribution in [2.45, 2.75) is 26.2 Å². The van der Waals surface area contributed by atoms with Crippen LogP contribution in [0.3, 0.4) is 0 Å². The Morgan fingerprint density at radius 1 is 1.40 bits per heavy atom. The van der Waals surface area contributed by atoms with Crippen LogP contribution in [0.5, 0.6) is 0 Å². The molecule has 3 aromatic rings. The summed E-state index contributed by atoms with van der Waals surface area (Å²) in [5, 5.41) is 15.9. The molecule has 9 heteroatoms. The zero-order chi connectivity index (χ0) is 17.6. The molecule has 0 bridgehead atoms. The van der Waals surface area contributed by atoms with Crippen LogP contribution >= 0.6 is 0 Å². The van der Waals surface area contributed by atoms with Crippen LogP contribution < -0.4 is 0 Å². The number of nitrogens with one attached hydrogen (secondary N) is 1. The van der Waals surface area contributed by atoms with Crippen molar-refractivity contribution in [1.29, 1.82) is 0 Å². The van der Waals surface area contributed by atoms with E-state index in [1.54, 1.807) is 21.8 Å². The van der Waals surface area contributed by atoms with E-state index in [0.29, 0.717) is 25.3 Å². The normalized spacial score (nSPS) is 17.6. The van der Waals surface area contributed by atoms with Crippen LogP contribution in [0, 0.1) is 6.92 Å². The summed E-state index contributed by atoms with van der Waals surface area (Å²) in [7, 11) is 1.86. The highest BCUT2D eigenvalue weighted by molar-refractivity contribution is 5.79. The third kappa shape index (κ3) is 2.51. The summed E-state index contributed by atoms with van der Waals surface area (Å²) in [6, 6.07) is 1.89. The van der Waals surface area contributed by atoms with Crippen LogP contribution in [0.2, 0.25) is 0 Å². The molecule has 25 heavy (non-hydrogen) atoms. The molecule has 1 saturated heterocycles. The SMILES string of the molecule is CCN1CC(c2nc(-c3cn[nH]c3C)nn2-c2ccnn2C)CC1=O. The molecule has 1 amide bonds. The summed E-state index contributed by atoms with van der Waals surface area (Å²) < 4.78 is 3.55. The number of nitrogens with zero attached hydrogens (tertiary/aromatic N) is 7. The zero-order valence-electron chi connectivity index (χ0n) is 14.5. The number of carbonyl (C=O) groups excluding carboxylic acids is 1. The molecule has 1 unspecified atom stereocenters. The van der Waals surface area contributed by atoms with E-state index in [2.05, 4.69) is 15.3 Å². The van der Waals surface area contributed by atoms with Crippen LogP contribution in [0.25, 0.3) is 17.2 Å². The number of aromatic nitrogens is 7. The highest BCUT2D eigenvalue weighted by Gasteiger charge is 2.34. The number of carbonyl (C=O) groups is 1. The summed E-state index contributed by atoms with van der Waals surface area (Å²) in [5.74, 6) is 2.37. The Hall–Kier alpha value is -2.97. The van der Waals surface area contributed by atoms with Gasteiger partial charge in [0.25, 0.3) is 0 Å². The second-order valence-electron chi connectivity index (χ2n) is 6.26. The van der Waals surface area contributed by atoms with Crippen molar-refractivity contribution < 1.29 is 4.79 Å². The first-order valence-corrected chi connectivity index (χ1v) is 8.32. The van der Waals surface area contributed by atoms with Crippen molar-refractivity contribution >= 4 is 5.91 Å². The molecule has 1 aliphatic heterocycles. The first kappa shape index (κ1) is 15.6. The lowest BCUT2D eigenvalue weighted by Crippen LogP contribution is -2.24. The lowest BCUT2D eigenvalue weighted by atomic mass is 10.1. The number of aromatic amines is 1. The van der Waals surface area contributed by atoms with Gasteiger partial charge in [0.2, 0.25) is 5.91 Å². The number of likely N-dealkylation sites (tertiary alicyclic amines) is 1. The zero-order valence-corrected chi connectivity index (χ0v) is 14.5. The molecule has 130 valence electrons.